The van der Waals surface area contributed by atoms with E-state index in [2.05, 4.69) is 4.98 Å². The van der Waals surface area contributed by atoms with Crippen LogP contribution >= 0.6 is 0 Å². The van der Waals surface area contributed by atoms with E-state index in [9.17, 15) is 4.79 Å². The number of rotatable bonds is 3. The van der Waals surface area contributed by atoms with Gasteiger partial charge >= 0.3 is 5.69 Å². The Morgan fingerprint density at radius 3 is 2.85 bits per heavy atom. The molecule has 0 unspecified atom stereocenters. The molecule has 0 amide bonds. The normalized spacial score (nSPS) is 11.6. The fraction of sp³-hybridized carbons (Fsp3) is 0.556. The molecule has 1 aromatic rings. The maximum absolute atomic E-state index is 11.1. The minimum Gasteiger partial charge on any atom is -0.325 e. The second kappa shape index (κ2) is 3.70. The average Bonchev–Trinajstić information content (AvgIpc) is 2.01. The number of hydrogen-bond acceptors (Lipinski definition) is 3. The Morgan fingerprint density at radius 2 is 2.31 bits per heavy atom. The molecule has 0 aromatic carbocycles. The Bertz CT molecular complexity index is 324. The highest BCUT2D eigenvalue weighted by atomic mass is 16.1. The molecule has 0 spiro atoms. The third kappa shape index (κ3) is 3.38. The zero-order valence-corrected chi connectivity index (χ0v) is 8.03. The van der Waals surface area contributed by atoms with Crippen LogP contribution in [0.3, 0.4) is 0 Å². The summed E-state index contributed by atoms with van der Waals surface area (Å²) >= 11 is 0. The van der Waals surface area contributed by atoms with Crippen LogP contribution in [0.15, 0.2) is 23.3 Å². The van der Waals surface area contributed by atoms with Crippen LogP contribution in [-0.4, -0.2) is 15.1 Å². The molecule has 72 valence electrons. The van der Waals surface area contributed by atoms with Gasteiger partial charge in [0.25, 0.3) is 0 Å². The van der Waals surface area contributed by atoms with Crippen LogP contribution in [0.25, 0.3) is 0 Å². The summed E-state index contributed by atoms with van der Waals surface area (Å²) < 4.78 is 1.56. The summed E-state index contributed by atoms with van der Waals surface area (Å²) in [5.41, 5.74) is 5.34. The SMILES string of the molecule is CC(C)(N)CCn1cccnc1=O. The first-order valence-electron chi connectivity index (χ1n) is 4.29. The zero-order chi connectivity index (χ0) is 9.90. The molecule has 4 heteroatoms. The van der Waals surface area contributed by atoms with Crippen molar-refractivity contribution in [2.75, 3.05) is 0 Å². The Kier molecular flexibility index (Phi) is 2.83. The molecule has 0 radical (unpaired) electrons. The van der Waals surface area contributed by atoms with E-state index in [-0.39, 0.29) is 11.2 Å². The molecule has 0 atom stereocenters. The number of aromatic nitrogens is 2. The molecule has 0 aliphatic rings. The largest absolute Gasteiger partial charge is 0.347 e. The van der Waals surface area contributed by atoms with Gasteiger partial charge in [0, 0.05) is 24.5 Å². The van der Waals surface area contributed by atoms with Gasteiger partial charge in [-0.25, -0.2) is 9.78 Å². The highest BCUT2D eigenvalue weighted by Gasteiger charge is 2.10. The molecule has 1 rings (SSSR count). The Balaban J connectivity index is 2.66. The second-order valence-electron chi connectivity index (χ2n) is 3.83. The molecule has 4 nitrogen and oxygen atoms in total. The Morgan fingerprint density at radius 1 is 1.62 bits per heavy atom. The molecule has 0 saturated carbocycles. The summed E-state index contributed by atoms with van der Waals surface area (Å²) in [7, 11) is 0. The number of aryl methyl sites for hydroxylation is 1. The van der Waals surface area contributed by atoms with Crippen molar-refractivity contribution in [2.45, 2.75) is 32.4 Å². The molecule has 0 aliphatic carbocycles. The maximum atomic E-state index is 11.1. The highest BCUT2D eigenvalue weighted by molar-refractivity contribution is 4.82. The third-order valence-corrected chi connectivity index (χ3v) is 1.78. The van der Waals surface area contributed by atoms with E-state index in [1.54, 1.807) is 16.8 Å². The van der Waals surface area contributed by atoms with Crippen LogP contribution in [0.4, 0.5) is 0 Å². The lowest BCUT2D eigenvalue weighted by atomic mass is 10.0. The zero-order valence-electron chi connectivity index (χ0n) is 8.03. The lowest BCUT2D eigenvalue weighted by Crippen LogP contribution is -2.35. The first-order chi connectivity index (χ1) is 5.99. The predicted molar refractivity (Wildman–Crippen MR) is 51.4 cm³/mol. The summed E-state index contributed by atoms with van der Waals surface area (Å²) in [6.07, 6.45) is 3.98. The molecule has 1 heterocycles. The van der Waals surface area contributed by atoms with Crippen LogP contribution in [0.2, 0.25) is 0 Å². The Hall–Kier alpha value is -1.16. The third-order valence-electron chi connectivity index (χ3n) is 1.78. The maximum Gasteiger partial charge on any atom is 0.347 e. The summed E-state index contributed by atoms with van der Waals surface area (Å²) in [6, 6.07) is 1.74. The number of hydrogen-bond donors (Lipinski definition) is 1. The van der Waals surface area contributed by atoms with Crippen molar-refractivity contribution in [2.24, 2.45) is 5.73 Å². The van der Waals surface area contributed by atoms with Crippen LogP contribution in [0, 0.1) is 0 Å². The molecule has 2 N–H and O–H groups in total. The van der Waals surface area contributed by atoms with Crippen molar-refractivity contribution in [3.8, 4) is 0 Å². The lowest BCUT2D eigenvalue weighted by Gasteiger charge is -2.18. The van der Waals surface area contributed by atoms with Gasteiger partial charge in [-0.15, -0.1) is 0 Å². The molecule has 0 aliphatic heterocycles. The smallest absolute Gasteiger partial charge is 0.325 e. The lowest BCUT2D eigenvalue weighted by molar-refractivity contribution is 0.429. The average molecular weight is 181 g/mol. The fourth-order valence-electron chi connectivity index (χ4n) is 0.966. The minimum atomic E-state index is -0.241. The van der Waals surface area contributed by atoms with E-state index in [1.165, 1.54) is 6.20 Å². The molecule has 1 aromatic heterocycles. The van der Waals surface area contributed by atoms with Gasteiger partial charge in [-0.05, 0) is 26.3 Å². The van der Waals surface area contributed by atoms with Crippen molar-refractivity contribution in [1.29, 1.82) is 0 Å². The van der Waals surface area contributed by atoms with Gasteiger partial charge in [-0.1, -0.05) is 0 Å². The van der Waals surface area contributed by atoms with Crippen molar-refractivity contribution in [1.82, 2.24) is 9.55 Å². The molecular weight excluding hydrogens is 166 g/mol. The van der Waals surface area contributed by atoms with E-state index in [0.717, 1.165) is 6.42 Å². The minimum absolute atomic E-state index is 0.216. The quantitative estimate of drug-likeness (QED) is 0.733. The highest BCUT2D eigenvalue weighted by Crippen LogP contribution is 2.03. The van der Waals surface area contributed by atoms with Gasteiger partial charge in [-0.2, -0.15) is 0 Å². The van der Waals surface area contributed by atoms with Crippen LogP contribution < -0.4 is 11.4 Å². The molecular formula is C9H15N3O. The van der Waals surface area contributed by atoms with Crippen LogP contribution in [0.5, 0.6) is 0 Å². The monoisotopic (exact) mass is 181 g/mol. The summed E-state index contributed by atoms with van der Waals surface area (Å²) in [5.74, 6) is 0. The van der Waals surface area contributed by atoms with Gasteiger partial charge in [0.1, 0.15) is 0 Å². The topological polar surface area (TPSA) is 60.9 Å². The summed E-state index contributed by atoms with van der Waals surface area (Å²) in [5, 5.41) is 0. The van der Waals surface area contributed by atoms with Crippen LogP contribution in [0.1, 0.15) is 20.3 Å². The first-order valence-corrected chi connectivity index (χ1v) is 4.29. The summed E-state index contributed by atoms with van der Waals surface area (Å²) in [6.45, 7) is 4.50. The fourth-order valence-corrected chi connectivity index (χ4v) is 0.966. The van der Waals surface area contributed by atoms with Gasteiger partial charge in [0.15, 0.2) is 0 Å². The van der Waals surface area contributed by atoms with Gasteiger partial charge in [-0.3, -0.25) is 4.57 Å². The second-order valence-corrected chi connectivity index (χ2v) is 3.83. The van der Waals surface area contributed by atoms with Crippen molar-refractivity contribution >= 4 is 0 Å². The number of nitrogens with zero attached hydrogens (tertiary/aromatic N) is 2. The van der Waals surface area contributed by atoms with Gasteiger partial charge < -0.3 is 5.73 Å². The molecule has 13 heavy (non-hydrogen) atoms. The Labute approximate surface area is 77.4 Å². The van der Waals surface area contributed by atoms with E-state index < -0.39 is 0 Å². The van der Waals surface area contributed by atoms with Gasteiger partial charge in [0.05, 0.1) is 0 Å². The van der Waals surface area contributed by atoms with E-state index >= 15 is 0 Å². The van der Waals surface area contributed by atoms with Crippen molar-refractivity contribution < 1.29 is 0 Å². The summed E-state index contributed by atoms with van der Waals surface area (Å²) in [4.78, 5) is 14.8. The molecule has 0 bridgehead atoms. The van der Waals surface area contributed by atoms with E-state index in [1.807, 2.05) is 13.8 Å². The predicted octanol–water partition coefficient (Wildman–Crippen LogP) is 0.371. The standard InChI is InChI=1S/C9H15N3O/c1-9(2,10)4-7-12-6-3-5-11-8(12)13/h3,5-6H,4,7,10H2,1-2H3. The van der Waals surface area contributed by atoms with E-state index in [4.69, 9.17) is 5.73 Å². The van der Waals surface area contributed by atoms with Crippen molar-refractivity contribution in [3.05, 3.63) is 28.9 Å². The number of nitrogens with two attached hydrogens (primary N) is 1. The molecule has 0 fully saturated rings. The van der Waals surface area contributed by atoms with E-state index in [0.29, 0.717) is 6.54 Å². The first kappa shape index (κ1) is 9.92. The van der Waals surface area contributed by atoms with Crippen molar-refractivity contribution in [3.63, 3.8) is 0 Å². The molecule has 0 saturated heterocycles. The van der Waals surface area contributed by atoms with Gasteiger partial charge in [0.2, 0.25) is 0 Å². The van der Waals surface area contributed by atoms with Crippen LogP contribution in [-0.2, 0) is 6.54 Å².